The van der Waals surface area contributed by atoms with Crippen molar-refractivity contribution in [1.29, 1.82) is 5.41 Å². The zero-order valence-electron chi connectivity index (χ0n) is 12.3. The van der Waals surface area contributed by atoms with E-state index in [4.69, 9.17) is 11.1 Å². The van der Waals surface area contributed by atoms with Crippen molar-refractivity contribution >= 4 is 17.4 Å². The maximum absolute atomic E-state index is 13.3. The molecule has 5 N–H and O–H groups in total. The first-order valence-corrected chi connectivity index (χ1v) is 6.62. The van der Waals surface area contributed by atoms with E-state index < -0.39 is 23.7 Å². The highest BCUT2D eigenvalue weighted by Crippen LogP contribution is 2.34. The van der Waals surface area contributed by atoms with Gasteiger partial charge in [0.2, 0.25) is 0 Å². The van der Waals surface area contributed by atoms with E-state index >= 15 is 0 Å². The van der Waals surface area contributed by atoms with Crippen LogP contribution < -0.4 is 11.1 Å². The van der Waals surface area contributed by atoms with Gasteiger partial charge in [-0.05, 0) is 19.1 Å². The van der Waals surface area contributed by atoms with Crippen LogP contribution in [0.1, 0.15) is 30.0 Å². The van der Waals surface area contributed by atoms with E-state index in [-0.39, 0.29) is 28.6 Å². The zero-order valence-corrected chi connectivity index (χ0v) is 12.3. The molecular weight excluding hydrogens is 333 g/mol. The summed E-state index contributed by atoms with van der Waals surface area (Å²) in [5.41, 5.74) is 3.54. The van der Waals surface area contributed by atoms with Gasteiger partial charge in [-0.25, -0.2) is 14.1 Å². The summed E-state index contributed by atoms with van der Waals surface area (Å²) in [6, 6.07) is 2.00. The number of rotatable bonds is 3. The quantitative estimate of drug-likeness (QED) is 0.568. The number of alkyl halides is 5. The molecule has 0 unspecified atom stereocenters. The van der Waals surface area contributed by atoms with Gasteiger partial charge in [0.1, 0.15) is 0 Å². The van der Waals surface area contributed by atoms with Gasteiger partial charge in [-0.2, -0.15) is 13.2 Å². The number of hydrogen-bond acceptors (Lipinski definition) is 4. The predicted octanol–water partition coefficient (Wildman–Crippen LogP) is 2.16. The Labute approximate surface area is 133 Å². The normalized spacial score (nSPS) is 17.0. The maximum atomic E-state index is 13.3. The summed E-state index contributed by atoms with van der Waals surface area (Å²) < 4.78 is 64.8. The van der Waals surface area contributed by atoms with Crippen LogP contribution in [0.4, 0.5) is 22.0 Å². The summed E-state index contributed by atoms with van der Waals surface area (Å²) in [5, 5.41) is 16.1. The summed E-state index contributed by atoms with van der Waals surface area (Å²) in [7, 11) is 0. The van der Waals surface area contributed by atoms with Crippen LogP contribution in [0.15, 0.2) is 40.2 Å². The SMILES string of the molecule is CC(=N)/C=C1\[NH2+]C(N)=NN=C1c1ccc(C(F)(F)F)cc1C(F)F. The van der Waals surface area contributed by atoms with Crippen LogP contribution in [0, 0.1) is 5.41 Å². The van der Waals surface area contributed by atoms with Crippen LogP contribution in [0.2, 0.25) is 0 Å². The Morgan fingerprint density at radius 2 is 1.96 bits per heavy atom. The molecule has 1 heterocycles. The van der Waals surface area contributed by atoms with Crippen molar-refractivity contribution in [2.75, 3.05) is 0 Å². The van der Waals surface area contributed by atoms with Crippen LogP contribution in [-0.2, 0) is 6.18 Å². The lowest BCUT2D eigenvalue weighted by atomic mass is 9.97. The lowest BCUT2D eigenvalue weighted by molar-refractivity contribution is -0.477. The Hall–Kier alpha value is -2.62. The molecule has 0 spiro atoms. The second-order valence-corrected chi connectivity index (χ2v) is 5.00. The van der Waals surface area contributed by atoms with E-state index in [9.17, 15) is 22.0 Å². The van der Waals surface area contributed by atoms with Gasteiger partial charge in [-0.1, -0.05) is 11.2 Å². The highest BCUT2D eigenvalue weighted by atomic mass is 19.4. The minimum atomic E-state index is -4.74. The molecule has 0 saturated heterocycles. The zero-order chi connectivity index (χ0) is 18.1. The molecule has 0 bridgehead atoms. The molecule has 5 nitrogen and oxygen atoms in total. The Morgan fingerprint density at radius 1 is 1.29 bits per heavy atom. The molecule has 1 aromatic rings. The third kappa shape index (κ3) is 3.82. The fraction of sp³-hybridized carbons (Fsp3) is 0.214. The fourth-order valence-corrected chi connectivity index (χ4v) is 2.11. The lowest BCUT2D eigenvalue weighted by Gasteiger charge is -2.16. The number of nitrogens with two attached hydrogens (primary N) is 2. The molecule has 0 amide bonds. The topological polar surface area (TPSA) is 91.2 Å². The fourth-order valence-electron chi connectivity index (χ4n) is 2.11. The summed E-state index contributed by atoms with van der Waals surface area (Å²) in [6.45, 7) is 1.45. The van der Waals surface area contributed by atoms with Crippen LogP contribution in [0.5, 0.6) is 0 Å². The van der Waals surface area contributed by atoms with Gasteiger partial charge in [0.25, 0.3) is 6.43 Å². The van der Waals surface area contributed by atoms with Crippen molar-refractivity contribution in [3.63, 3.8) is 0 Å². The molecule has 0 aromatic heterocycles. The van der Waals surface area contributed by atoms with Gasteiger partial charge in [0.15, 0.2) is 11.4 Å². The van der Waals surface area contributed by atoms with Crippen LogP contribution in [-0.4, -0.2) is 17.4 Å². The van der Waals surface area contributed by atoms with Gasteiger partial charge in [-0.15, -0.1) is 5.10 Å². The van der Waals surface area contributed by atoms with Crippen molar-refractivity contribution < 1.29 is 27.3 Å². The molecular formula is C14H13F5N5+. The number of benzene rings is 1. The highest BCUT2D eigenvalue weighted by molar-refractivity contribution is 6.15. The van der Waals surface area contributed by atoms with Gasteiger partial charge in [0, 0.05) is 22.9 Å². The Balaban J connectivity index is 2.63. The first-order chi connectivity index (χ1) is 11.1. The highest BCUT2D eigenvalue weighted by Gasteiger charge is 2.33. The Morgan fingerprint density at radius 3 is 2.50 bits per heavy atom. The lowest BCUT2D eigenvalue weighted by Crippen LogP contribution is -2.90. The third-order valence-corrected chi connectivity index (χ3v) is 3.08. The van der Waals surface area contributed by atoms with Crippen LogP contribution >= 0.6 is 0 Å². The van der Waals surface area contributed by atoms with Gasteiger partial charge >= 0.3 is 12.1 Å². The van der Waals surface area contributed by atoms with E-state index in [0.717, 1.165) is 6.07 Å². The first kappa shape index (κ1) is 17.7. The van der Waals surface area contributed by atoms with E-state index in [1.54, 1.807) is 0 Å². The molecule has 1 aromatic carbocycles. The first-order valence-electron chi connectivity index (χ1n) is 6.62. The molecule has 10 heteroatoms. The average Bonchev–Trinajstić information content (AvgIpc) is 2.45. The van der Waals surface area contributed by atoms with E-state index in [1.807, 2.05) is 0 Å². The van der Waals surface area contributed by atoms with E-state index in [1.165, 1.54) is 18.3 Å². The van der Waals surface area contributed by atoms with Gasteiger partial charge < -0.3 is 11.1 Å². The van der Waals surface area contributed by atoms with Crippen LogP contribution in [0.25, 0.3) is 0 Å². The molecule has 0 saturated carbocycles. The third-order valence-electron chi connectivity index (χ3n) is 3.08. The summed E-state index contributed by atoms with van der Waals surface area (Å²) >= 11 is 0. The molecule has 1 aliphatic heterocycles. The standard InChI is InChI=1S/C14H12F5N5/c1-6(20)4-10-11(23-24-13(21)22-10)8-3-2-7(14(17,18)19)5-9(8)12(15)16/h2-5,12,20H,1H3,(H3,21,22,24)/p+1/b10-4-,20-6?. The second kappa shape index (κ2) is 6.48. The number of quaternary nitrogens is 1. The number of hydrogen-bond donors (Lipinski definition) is 3. The smallest absolute Gasteiger partial charge is 0.336 e. The Kier molecular flexibility index (Phi) is 4.78. The predicted molar refractivity (Wildman–Crippen MR) is 78.0 cm³/mol. The second-order valence-electron chi connectivity index (χ2n) is 5.00. The molecule has 0 atom stereocenters. The molecule has 0 aliphatic carbocycles. The monoisotopic (exact) mass is 346 g/mol. The molecule has 0 fully saturated rings. The van der Waals surface area contributed by atoms with Gasteiger partial charge in [0.05, 0.1) is 5.56 Å². The molecule has 2 rings (SSSR count). The molecule has 1 aliphatic rings. The minimum Gasteiger partial charge on any atom is -0.336 e. The number of halogens is 5. The largest absolute Gasteiger partial charge is 0.416 e. The molecule has 24 heavy (non-hydrogen) atoms. The number of nitrogens with zero attached hydrogens (tertiary/aromatic N) is 2. The number of nitrogens with one attached hydrogen (secondary N) is 1. The van der Waals surface area contributed by atoms with Crippen molar-refractivity contribution in [3.05, 3.63) is 46.7 Å². The average molecular weight is 346 g/mol. The number of allylic oxidation sites excluding steroid dienone is 2. The van der Waals surface area contributed by atoms with Crippen molar-refractivity contribution in [3.8, 4) is 0 Å². The van der Waals surface area contributed by atoms with Crippen molar-refractivity contribution in [1.82, 2.24) is 0 Å². The minimum absolute atomic E-state index is 0.00300. The maximum Gasteiger partial charge on any atom is 0.416 e. The summed E-state index contributed by atoms with van der Waals surface area (Å²) in [5.74, 6) is -0.00300. The summed E-state index contributed by atoms with van der Waals surface area (Å²) in [4.78, 5) is 0. The van der Waals surface area contributed by atoms with E-state index in [2.05, 4.69) is 10.2 Å². The van der Waals surface area contributed by atoms with Crippen molar-refractivity contribution in [2.24, 2.45) is 15.9 Å². The van der Waals surface area contributed by atoms with Crippen molar-refractivity contribution in [2.45, 2.75) is 19.5 Å². The molecule has 128 valence electrons. The summed E-state index contributed by atoms with van der Waals surface area (Å²) in [6.07, 6.45) is -6.57. The van der Waals surface area contributed by atoms with E-state index in [0.29, 0.717) is 12.1 Å². The number of guanidine groups is 1. The Bertz CT molecular complexity index is 761. The van der Waals surface area contributed by atoms with Gasteiger partial charge in [-0.3, -0.25) is 0 Å². The molecule has 0 radical (unpaired) electrons. The van der Waals surface area contributed by atoms with Crippen LogP contribution in [0.3, 0.4) is 0 Å².